The number of carbonyl (C=O) groups is 1. The molecule has 2 rings (SSSR count). The van der Waals surface area contributed by atoms with Crippen LogP contribution in [0.3, 0.4) is 0 Å². The van der Waals surface area contributed by atoms with E-state index in [1.807, 2.05) is 0 Å². The largest absolute Gasteiger partial charge is 0.459 e. The fraction of sp³-hybridized carbons (Fsp3) is 0.944. The number of hydrogen-bond acceptors (Lipinski definition) is 2. The van der Waals surface area contributed by atoms with Gasteiger partial charge in [-0.05, 0) is 62.2 Å². The van der Waals surface area contributed by atoms with E-state index in [1.54, 1.807) is 0 Å². The van der Waals surface area contributed by atoms with E-state index >= 15 is 0 Å². The number of esters is 1. The summed E-state index contributed by atoms with van der Waals surface area (Å²) in [5.74, 6) is 1.84. The van der Waals surface area contributed by atoms with Gasteiger partial charge in [0.1, 0.15) is 5.60 Å². The van der Waals surface area contributed by atoms with Crippen LogP contribution in [0.1, 0.15) is 73.6 Å². The quantitative estimate of drug-likeness (QED) is 0.690. The minimum absolute atomic E-state index is 0.0333. The second-order valence-electron chi connectivity index (χ2n) is 8.93. The van der Waals surface area contributed by atoms with Gasteiger partial charge in [0.05, 0.1) is 5.92 Å². The number of rotatable bonds is 4. The molecule has 0 spiro atoms. The fourth-order valence-corrected chi connectivity index (χ4v) is 4.24. The Balaban J connectivity index is 2.02. The Morgan fingerprint density at radius 2 is 1.95 bits per heavy atom. The molecule has 0 aromatic heterocycles. The summed E-state index contributed by atoms with van der Waals surface area (Å²) >= 11 is 0. The zero-order chi connectivity index (χ0) is 15.1. The van der Waals surface area contributed by atoms with Crippen LogP contribution in [0.5, 0.6) is 0 Å². The van der Waals surface area contributed by atoms with Crippen molar-refractivity contribution in [1.82, 2.24) is 0 Å². The highest BCUT2D eigenvalue weighted by Crippen LogP contribution is 2.52. The molecule has 2 saturated carbocycles. The van der Waals surface area contributed by atoms with Crippen LogP contribution in [-0.2, 0) is 9.53 Å². The first-order valence-corrected chi connectivity index (χ1v) is 8.33. The Morgan fingerprint density at radius 1 is 1.30 bits per heavy atom. The van der Waals surface area contributed by atoms with E-state index in [9.17, 15) is 4.79 Å². The summed E-state index contributed by atoms with van der Waals surface area (Å²) in [6, 6.07) is 0. The highest BCUT2D eigenvalue weighted by molar-refractivity contribution is 5.73. The van der Waals surface area contributed by atoms with Crippen LogP contribution < -0.4 is 0 Å². The Bertz CT molecular complexity index is 366. The fourth-order valence-electron chi connectivity index (χ4n) is 4.24. The second kappa shape index (κ2) is 5.35. The highest BCUT2D eigenvalue weighted by Gasteiger charge is 2.51. The molecule has 116 valence electrons. The van der Waals surface area contributed by atoms with Crippen molar-refractivity contribution in [2.45, 2.75) is 79.2 Å². The lowest BCUT2D eigenvalue weighted by Crippen LogP contribution is -2.40. The molecule has 2 aliphatic rings. The molecule has 2 aliphatic carbocycles. The molecule has 2 nitrogen and oxygen atoms in total. The topological polar surface area (TPSA) is 26.3 Å². The zero-order valence-corrected chi connectivity index (χ0v) is 14.2. The number of ether oxygens (including phenoxy) is 1. The first-order chi connectivity index (χ1) is 9.11. The highest BCUT2D eigenvalue weighted by atomic mass is 16.6. The molecule has 0 aromatic carbocycles. The van der Waals surface area contributed by atoms with Crippen LogP contribution in [-0.4, -0.2) is 11.6 Å². The molecular formula is C18H32O2. The van der Waals surface area contributed by atoms with Crippen molar-refractivity contribution in [3.05, 3.63) is 0 Å². The maximum absolute atomic E-state index is 12.7. The van der Waals surface area contributed by atoms with Crippen LogP contribution in [0.2, 0.25) is 0 Å². The SMILES string of the molecule is CC(C)C(CC(C)(C)C)C(=O)OC1(C)CC2CCC1C2. The minimum atomic E-state index is -0.176. The number of fused-ring (bicyclic) bond motifs is 2. The Hall–Kier alpha value is -0.530. The van der Waals surface area contributed by atoms with Gasteiger partial charge in [0.25, 0.3) is 0 Å². The molecule has 4 unspecified atom stereocenters. The van der Waals surface area contributed by atoms with E-state index in [-0.39, 0.29) is 22.9 Å². The summed E-state index contributed by atoms with van der Waals surface area (Å²) in [4.78, 5) is 12.7. The predicted molar refractivity (Wildman–Crippen MR) is 82.3 cm³/mol. The third-order valence-corrected chi connectivity index (χ3v) is 5.37. The van der Waals surface area contributed by atoms with Crippen LogP contribution >= 0.6 is 0 Å². The normalized spacial score (nSPS) is 34.5. The molecule has 2 bridgehead atoms. The van der Waals surface area contributed by atoms with E-state index in [0.717, 1.165) is 18.8 Å². The van der Waals surface area contributed by atoms with Crippen molar-refractivity contribution in [3.8, 4) is 0 Å². The average Bonchev–Trinajstić information content (AvgIpc) is 2.83. The third-order valence-electron chi connectivity index (χ3n) is 5.37. The van der Waals surface area contributed by atoms with Gasteiger partial charge < -0.3 is 4.74 Å². The van der Waals surface area contributed by atoms with Crippen molar-refractivity contribution in [3.63, 3.8) is 0 Å². The van der Waals surface area contributed by atoms with Gasteiger partial charge in [-0.25, -0.2) is 0 Å². The molecule has 0 amide bonds. The molecular weight excluding hydrogens is 248 g/mol. The van der Waals surface area contributed by atoms with Crippen molar-refractivity contribution in [2.75, 3.05) is 0 Å². The lowest BCUT2D eigenvalue weighted by atomic mass is 9.79. The molecule has 20 heavy (non-hydrogen) atoms. The molecule has 0 radical (unpaired) electrons. The summed E-state index contributed by atoms with van der Waals surface area (Å²) in [6.45, 7) is 13.1. The summed E-state index contributed by atoms with van der Waals surface area (Å²) in [5.41, 5.74) is -0.00539. The van der Waals surface area contributed by atoms with Crippen molar-refractivity contribution in [1.29, 1.82) is 0 Å². The van der Waals surface area contributed by atoms with Crippen molar-refractivity contribution in [2.24, 2.45) is 29.1 Å². The van der Waals surface area contributed by atoms with E-state index < -0.39 is 0 Å². The molecule has 0 saturated heterocycles. The zero-order valence-electron chi connectivity index (χ0n) is 14.2. The van der Waals surface area contributed by atoms with Crippen molar-refractivity contribution >= 4 is 5.97 Å². The van der Waals surface area contributed by atoms with Crippen molar-refractivity contribution < 1.29 is 9.53 Å². The van der Waals surface area contributed by atoms with Crippen LogP contribution in [0.4, 0.5) is 0 Å². The van der Waals surface area contributed by atoms with Gasteiger partial charge in [-0.15, -0.1) is 0 Å². The molecule has 4 atom stereocenters. The molecule has 0 aromatic rings. The molecule has 2 heteroatoms. The van der Waals surface area contributed by atoms with Gasteiger partial charge in [-0.3, -0.25) is 4.79 Å². The summed E-state index contributed by atoms with van der Waals surface area (Å²) in [6.07, 6.45) is 5.86. The number of carbonyl (C=O) groups excluding carboxylic acids is 1. The Morgan fingerprint density at radius 3 is 2.35 bits per heavy atom. The maximum atomic E-state index is 12.7. The van der Waals surface area contributed by atoms with Gasteiger partial charge in [0.2, 0.25) is 0 Å². The summed E-state index contributed by atoms with van der Waals surface area (Å²) in [5, 5.41) is 0. The predicted octanol–water partition coefficient (Wildman–Crippen LogP) is 4.82. The van der Waals surface area contributed by atoms with E-state index in [2.05, 4.69) is 41.5 Å². The molecule has 2 fully saturated rings. The lowest BCUT2D eigenvalue weighted by Gasteiger charge is -2.36. The molecule has 0 aliphatic heterocycles. The molecule has 0 heterocycles. The maximum Gasteiger partial charge on any atom is 0.309 e. The van der Waals surface area contributed by atoms with Gasteiger partial charge in [-0.1, -0.05) is 34.6 Å². The van der Waals surface area contributed by atoms with Gasteiger partial charge in [-0.2, -0.15) is 0 Å². The van der Waals surface area contributed by atoms with Gasteiger partial charge >= 0.3 is 5.97 Å². The first-order valence-electron chi connectivity index (χ1n) is 8.33. The minimum Gasteiger partial charge on any atom is -0.459 e. The standard InChI is InChI=1S/C18H32O2/c1-12(2)15(11-17(3,4)5)16(19)20-18(6)10-13-7-8-14(18)9-13/h12-15H,7-11H2,1-6H3. The number of hydrogen-bond donors (Lipinski definition) is 0. The monoisotopic (exact) mass is 280 g/mol. The Kier molecular flexibility index (Phi) is 4.24. The average molecular weight is 280 g/mol. The van der Waals surface area contributed by atoms with E-state index in [4.69, 9.17) is 4.74 Å². The van der Waals surface area contributed by atoms with Crippen LogP contribution in [0.25, 0.3) is 0 Å². The Labute approximate surface area is 124 Å². The summed E-state index contributed by atoms with van der Waals surface area (Å²) < 4.78 is 6.06. The van der Waals surface area contributed by atoms with E-state index in [0.29, 0.717) is 11.8 Å². The van der Waals surface area contributed by atoms with Gasteiger partial charge in [0, 0.05) is 0 Å². The third kappa shape index (κ3) is 3.38. The smallest absolute Gasteiger partial charge is 0.309 e. The van der Waals surface area contributed by atoms with Crippen LogP contribution in [0, 0.1) is 29.1 Å². The second-order valence-corrected chi connectivity index (χ2v) is 8.93. The first kappa shape index (κ1) is 15.9. The summed E-state index contributed by atoms with van der Waals surface area (Å²) in [7, 11) is 0. The van der Waals surface area contributed by atoms with E-state index in [1.165, 1.54) is 19.3 Å². The molecule has 0 N–H and O–H groups in total. The lowest BCUT2D eigenvalue weighted by molar-refractivity contribution is -0.171. The van der Waals surface area contributed by atoms with Crippen LogP contribution in [0.15, 0.2) is 0 Å². The van der Waals surface area contributed by atoms with Gasteiger partial charge in [0.15, 0.2) is 0 Å².